The number of allylic oxidation sites excluding steroid dienone is 4. The van der Waals surface area contributed by atoms with Crippen LogP contribution in [-0.4, -0.2) is 0 Å². The van der Waals surface area contributed by atoms with Crippen LogP contribution in [0.3, 0.4) is 0 Å². The fraction of sp³-hybridized carbons (Fsp3) is 0.647. The molecule has 0 amide bonds. The molecular formula is C17H26S4. The summed E-state index contributed by atoms with van der Waals surface area (Å²) in [4.78, 5) is 6.36. The molecule has 0 radical (unpaired) electrons. The van der Waals surface area contributed by atoms with E-state index in [0.717, 1.165) is 0 Å². The Morgan fingerprint density at radius 1 is 0.619 bits per heavy atom. The first-order valence-corrected chi connectivity index (χ1v) is 11.0. The third-order valence-electron chi connectivity index (χ3n) is 3.40. The topological polar surface area (TPSA) is 0 Å². The monoisotopic (exact) mass is 358 g/mol. The van der Waals surface area contributed by atoms with Gasteiger partial charge in [-0.3, -0.25) is 0 Å². The summed E-state index contributed by atoms with van der Waals surface area (Å²) >= 11 is 8.12. The fourth-order valence-corrected chi connectivity index (χ4v) is 8.54. The van der Waals surface area contributed by atoms with E-state index in [4.69, 9.17) is 0 Å². The van der Waals surface area contributed by atoms with Crippen LogP contribution in [0.5, 0.6) is 0 Å². The first kappa shape index (κ1) is 18.0. The molecule has 0 aliphatic carbocycles. The molecule has 4 heteroatoms. The Hall–Kier alpha value is 0.620. The highest BCUT2D eigenvalue weighted by molar-refractivity contribution is 8.34. The Kier molecular flexibility index (Phi) is 6.38. The van der Waals surface area contributed by atoms with Crippen molar-refractivity contribution < 1.29 is 0 Å². The van der Waals surface area contributed by atoms with E-state index in [9.17, 15) is 0 Å². The molecule has 0 bridgehead atoms. The molecule has 0 aromatic rings. The lowest BCUT2D eigenvalue weighted by atomic mass is 10.1. The first-order valence-electron chi connectivity index (χ1n) is 7.77. The second kappa shape index (κ2) is 7.46. The van der Waals surface area contributed by atoms with Crippen molar-refractivity contribution in [2.75, 3.05) is 0 Å². The Bertz CT molecular complexity index is 485. The van der Waals surface area contributed by atoms with E-state index < -0.39 is 0 Å². The van der Waals surface area contributed by atoms with Gasteiger partial charge in [0.25, 0.3) is 0 Å². The van der Waals surface area contributed by atoms with E-state index in [1.807, 2.05) is 47.0 Å². The normalized spacial score (nSPS) is 20.3. The standard InChI is InChI=1S/C17H26S4/c1-8-12-13(9(2)3)19-16(18-12)17-20-14(10(4)5)15(21-17)11(6)7/h9-11H,8H2,1-7H3. The average Bonchev–Trinajstić information content (AvgIpc) is 3.02. The van der Waals surface area contributed by atoms with E-state index in [1.54, 1.807) is 19.6 Å². The molecule has 2 rings (SSSR count). The molecule has 0 atom stereocenters. The highest BCUT2D eigenvalue weighted by atomic mass is 32.2. The molecule has 0 N–H and O–H groups in total. The molecule has 0 nitrogen and oxygen atoms in total. The average molecular weight is 359 g/mol. The summed E-state index contributed by atoms with van der Waals surface area (Å²) in [5.74, 6) is 1.92. The van der Waals surface area contributed by atoms with Gasteiger partial charge in [-0.05, 0) is 24.2 Å². The molecular weight excluding hydrogens is 332 g/mol. The summed E-state index contributed by atoms with van der Waals surface area (Å²) in [6.07, 6.45) is 1.17. The van der Waals surface area contributed by atoms with Crippen LogP contribution in [0.2, 0.25) is 0 Å². The van der Waals surface area contributed by atoms with Gasteiger partial charge in [0.15, 0.2) is 0 Å². The highest BCUT2D eigenvalue weighted by Crippen LogP contribution is 2.63. The van der Waals surface area contributed by atoms with Crippen LogP contribution < -0.4 is 0 Å². The largest absolute Gasteiger partial charge is 0.0846 e. The van der Waals surface area contributed by atoms with Gasteiger partial charge in [-0.25, -0.2) is 0 Å². The zero-order chi connectivity index (χ0) is 15.7. The van der Waals surface area contributed by atoms with Gasteiger partial charge in [0.1, 0.15) is 0 Å². The van der Waals surface area contributed by atoms with E-state index in [-0.39, 0.29) is 0 Å². The van der Waals surface area contributed by atoms with Crippen molar-refractivity contribution in [2.45, 2.75) is 54.9 Å². The predicted molar refractivity (Wildman–Crippen MR) is 106 cm³/mol. The second-order valence-electron chi connectivity index (χ2n) is 6.32. The van der Waals surface area contributed by atoms with Crippen molar-refractivity contribution in [3.63, 3.8) is 0 Å². The van der Waals surface area contributed by atoms with Gasteiger partial charge in [-0.2, -0.15) is 0 Å². The van der Waals surface area contributed by atoms with Gasteiger partial charge in [-0.1, -0.05) is 95.5 Å². The zero-order valence-electron chi connectivity index (χ0n) is 14.1. The molecule has 118 valence electrons. The number of thioether (sulfide) groups is 4. The minimum absolute atomic E-state index is 0.637. The van der Waals surface area contributed by atoms with Crippen molar-refractivity contribution in [1.29, 1.82) is 0 Å². The Morgan fingerprint density at radius 3 is 1.33 bits per heavy atom. The van der Waals surface area contributed by atoms with Crippen LogP contribution in [0.15, 0.2) is 28.1 Å². The van der Waals surface area contributed by atoms with Crippen molar-refractivity contribution in [3.05, 3.63) is 28.1 Å². The minimum Gasteiger partial charge on any atom is -0.0846 e. The predicted octanol–water partition coefficient (Wildman–Crippen LogP) is 7.87. The maximum atomic E-state index is 2.32. The van der Waals surface area contributed by atoms with Crippen LogP contribution in [0, 0.1) is 17.8 Å². The van der Waals surface area contributed by atoms with Gasteiger partial charge in [0.05, 0.1) is 8.47 Å². The molecule has 0 fully saturated rings. The summed E-state index contributed by atoms with van der Waals surface area (Å²) in [5.41, 5.74) is 0. The molecule has 2 heterocycles. The molecule has 2 aliphatic rings. The van der Waals surface area contributed by atoms with Crippen LogP contribution >= 0.6 is 47.0 Å². The number of hydrogen-bond acceptors (Lipinski definition) is 4. The fourth-order valence-electron chi connectivity index (χ4n) is 2.32. The summed E-state index contributed by atoms with van der Waals surface area (Å²) < 4.78 is 3.05. The quantitative estimate of drug-likeness (QED) is 0.501. The van der Waals surface area contributed by atoms with Crippen LogP contribution in [0.25, 0.3) is 0 Å². The molecule has 0 spiro atoms. The first-order chi connectivity index (χ1) is 9.85. The van der Waals surface area contributed by atoms with Crippen molar-refractivity contribution >= 4 is 47.0 Å². The molecule has 2 aliphatic heterocycles. The third kappa shape index (κ3) is 3.94. The second-order valence-corrected chi connectivity index (χ2v) is 11.1. The summed E-state index contributed by atoms with van der Waals surface area (Å²) in [7, 11) is 0. The molecule has 21 heavy (non-hydrogen) atoms. The minimum atomic E-state index is 0.637. The maximum absolute atomic E-state index is 2.32. The molecule has 0 unspecified atom stereocenters. The SMILES string of the molecule is CCC1=C(C(C)C)SC(=C2SC(C(C)C)=C(C(C)C)S2)S1. The van der Waals surface area contributed by atoms with Crippen LogP contribution in [-0.2, 0) is 0 Å². The highest BCUT2D eigenvalue weighted by Gasteiger charge is 2.31. The zero-order valence-corrected chi connectivity index (χ0v) is 17.3. The smallest absolute Gasteiger partial charge is 0.0700 e. The lowest BCUT2D eigenvalue weighted by molar-refractivity contribution is 0.760. The Morgan fingerprint density at radius 2 is 1.00 bits per heavy atom. The van der Waals surface area contributed by atoms with E-state index in [2.05, 4.69) is 48.5 Å². The van der Waals surface area contributed by atoms with Gasteiger partial charge in [0.2, 0.25) is 0 Å². The molecule has 0 aromatic heterocycles. The van der Waals surface area contributed by atoms with E-state index in [0.29, 0.717) is 17.8 Å². The van der Waals surface area contributed by atoms with Gasteiger partial charge >= 0.3 is 0 Å². The summed E-state index contributed by atoms with van der Waals surface area (Å²) in [5, 5.41) is 0. The maximum Gasteiger partial charge on any atom is 0.0700 e. The van der Waals surface area contributed by atoms with Gasteiger partial charge < -0.3 is 0 Å². The molecule has 0 aromatic carbocycles. The number of rotatable bonds is 4. The lowest BCUT2D eigenvalue weighted by Gasteiger charge is -2.10. The van der Waals surface area contributed by atoms with Crippen LogP contribution in [0.1, 0.15) is 54.9 Å². The van der Waals surface area contributed by atoms with Crippen molar-refractivity contribution in [2.24, 2.45) is 17.8 Å². The summed E-state index contributed by atoms with van der Waals surface area (Å²) in [6.45, 7) is 16.2. The number of hydrogen-bond donors (Lipinski definition) is 0. The van der Waals surface area contributed by atoms with Crippen LogP contribution in [0.4, 0.5) is 0 Å². The Balaban J connectivity index is 2.24. The third-order valence-corrected chi connectivity index (χ3v) is 10.3. The van der Waals surface area contributed by atoms with E-state index in [1.165, 1.54) is 14.9 Å². The van der Waals surface area contributed by atoms with Gasteiger partial charge in [-0.15, -0.1) is 0 Å². The van der Waals surface area contributed by atoms with Crippen molar-refractivity contribution in [1.82, 2.24) is 0 Å². The molecule has 0 saturated carbocycles. The molecule has 0 saturated heterocycles. The van der Waals surface area contributed by atoms with Crippen molar-refractivity contribution in [3.8, 4) is 0 Å². The lowest BCUT2D eigenvalue weighted by Crippen LogP contribution is -1.95. The Labute approximate surface area is 147 Å². The van der Waals surface area contributed by atoms with Gasteiger partial charge in [0, 0.05) is 19.6 Å². The summed E-state index contributed by atoms with van der Waals surface area (Å²) in [6, 6.07) is 0. The van der Waals surface area contributed by atoms with E-state index >= 15 is 0 Å².